The normalized spacial score (nSPS) is 18.1. The fourth-order valence-electron chi connectivity index (χ4n) is 2.26. The predicted molar refractivity (Wildman–Crippen MR) is 72.5 cm³/mol. The zero-order valence-electron chi connectivity index (χ0n) is 11.3. The van der Waals surface area contributed by atoms with E-state index in [9.17, 15) is 4.79 Å². The van der Waals surface area contributed by atoms with E-state index < -0.39 is 0 Å². The summed E-state index contributed by atoms with van der Waals surface area (Å²) in [4.78, 5) is 17.7. The summed E-state index contributed by atoms with van der Waals surface area (Å²) < 4.78 is 1.86. The van der Waals surface area contributed by atoms with Gasteiger partial charge in [-0.2, -0.15) is 5.10 Å². The van der Waals surface area contributed by atoms with Gasteiger partial charge in [0.05, 0.1) is 0 Å². The Balaban J connectivity index is 1.75. The van der Waals surface area contributed by atoms with Crippen LogP contribution in [0.3, 0.4) is 0 Å². The Labute approximate surface area is 113 Å². The van der Waals surface area contributed by atoms with Gasteiger partial charge < -0.3 is 10.2 Å². The van der Waals surface area contributed by atoms with E-state index in [0.29, 0.717) is 5.92 Å². The van der Waals surface area contributed by atoms with E-state index in [4.69, 9.17) is 0 Å². The molecule has 6 heteroatoms. The van der Waals surface area contributed by atoms with Crippen molar-refractivity contribution in [3.8, 4) is 0 Å². The highest BCUT2D eigenvalue weighted by molar-refractivity contribution is 5.74. The van der Waals surface area contributed by atoms with Gasteiger partial charge in [0, 0.05) is 25.7 Å². The number of aromatic nitrogens is 3. The van der Waals surface area contributed by atoms with Crippen LogP contribution in [0.15, 0.2) is 25.3 Å². The van der Waals surface area contributed by atoms with Crippen molar-refractivity contribution in [2.75, 3.05) is 13.1 Å². The van der Waals surface area contributed by atoms with Gasteiger partial charge in [0.1, 0.15) is 12.7 Å². The average Bonchev–Trinajstić information content (AvgIpc) is 2.92. The van der Waals surface area contributed by atoms with E-state index in [2.05, 4.69) is 22.0 Å². The molecule has 1 aliphatic rings. The number of carbonyl (C=O) groups is 1. The van der Waals surface area contributed by atoms with Gasteiger partial charge in [-0.15, -0.1) is 6.58 Å². The molecule has 2 amide bonds. The molecule has 0 saturated carbocycles. The van der Waals surface area contributed by atoms with Crippen LogP contribution in [-0.4, -0.2) is 44.8 Å². The molecule has 1 aromatic rings. The summed E-state index contributed by atoms with van der Waals surface area (Å²) >= 11 is 0. The molecule has 1 aromatic heterocycles. The Bertz CT molecular complexity index is 409. The van der Waals surface area contributed by atoms with Crippen LogP contribution in [-0.2, 0) is 6.54 Å². The van der Waals surface area contributed by atoms with Crippen LogP contribution in [0.5, 0.6) is 0 Å². The molecule has 0 radical (unpaired) electrons. The monoisotopic (exact) mass is 263 g/mol. The molecule has 104 valence electrons. The summed E-state index contributed by atoms with van der Waals surface area (Å²) in [6, 6.07) is 0.0204. The maximum atomic E-state index is 11.9. The highest BCUT2D eigenvalue weighted by Crippen LogP contribution is 2.18. The molecule has 2 rings (SSSR count). The second kappa shape index (κ2) is 6.36. The molecular weight excluding hydrogens is 242 g/mol. The van der Waals surface area contributed by atoms with Crippen molar-refractivity contribution in [2.45, 2.75) is 32.4 Å². The fraction of sp³-hybridized carbons (Fsp3) is 0.615. The SMILES string of the molecule is C=CC(C)NC(=O)N1CCC(Cn2cncn2)CC1. The van der Waals surface area contributed by atoms with E-state index in [1.165, 1.54) is 0 Å². The average molecular weight is 263 g/mol. The van der Waals surface area contributed by atoms with Crippen LogP contribution in [0.25, 0.3) is 0 Å². The standard InChI is InChI=1S/C13H21N5O/c1-3-11(2)16-13(19)17-6-4-12(5-7-17)8-18-10-14-9-15-18/h3,9-12H,1,4-8H2,2H3,(H,16,19). The third-order valence-corrected chi connectivity index (χ3v) is 3.52. The molecule has 1 saturated heterocycles. The summed E-state index contributed by atoms with van der Waals surface area (Å²) in [5.41, 5.74) is 0. The van der Waals surface area contributed by atoms with Gasteiger partial charge in [0.2, 0.25) is 0 Å². The number of nitrogens with one attached hydrogen (secondary N) is 1. The minimum atomic E-state index is 0.00612. The third kappa shape index (κ3) is 3.81. The summed E-state index contributed by atoms with van der Waals surface area (Å²) in [6.45, 7) is 8.07. The Kier molecular flexibility index (Phi) is 4.54. The van der Waals surface area contributed by atoms with Crippen molar-refractivity contribution >= 4 is 6.03 Å². The summed E-state index contributed by atoms with van der Waals surface area (Å²) in [7, 11) is 0. The smallest absolute Gasteiger partial charge is 0.317 e. The van der Waals surface area contributed by atoms with Gasteiger partial charge in [-0.3, -0.25) is 4.68 Å². The van der Waals surface area contributed by atoms with E-state index in [0.717, 1.165) is 32.5 Å². The van der Waals surface area contributed by atoms with Crippen molar-refractivity contribution in [3.63, 3.8) is 0 Å². The first-order chi connectivity index (χ1) is 9.19. The van der Waals surface area contributed by atoms with Crippen LogP contribution in [0.4, 0.5) is 4.79 Å². The van der Waals surface area contributed by atoms with Gasteiger partial charge in [-0.1, -0.05) is 6.08 Å². The maximum absolute atomic E-state index is 11.9. The van der Waals surface area contributed by atoms with Crippen molar-refractivity contribution < 1.29 is 4.79 Å². The van der Waals surface area contributed by atoms with Crippen molar-refractivity contribution in [1.29, 1.82) is 0 Å². The second-order valence-corrected chi connectivity index (χ2v) is 5.02. The number of carbonyl (C=O) groups excluding carboxylic acids is 1. The molecule has 0 aliphatic carbocycles. The van der Waals surface area contributed by atoms with Gasteiger partial charge in [0.15, 0.2) is 0 Å². The molecule has 6 nitrogen and oxygen atoms in total. The Hall–Kier alpha value is -1.85. The number of nitrogens with zero attached hydrogens (tertiary/aromatic N) is 4. The zero-order chi connectivity index (χ0) is 13.7. The first kappa shape index (κ1) is 13.6. The molecular formula is C13H21N5O. The number of amides is 2. The van der Waals surface area contributed by atoms with Crippen LogP contribution < -0.4 is 5.32 Å². The first-order valence-corrected chi connectivity index (χ1v) is 6.69. The highest BCUT2D eigenvalue weighted by atomic mass is 16.2. The van der Waals surface area contributed by atoms with Crippen molar-refractivity contribution in [3.05, 3.63) is 25.3 Å². The Morgan fingerprint density at radius 2 is 2.32 bits per heavy atom. The van der Waals surface area contributed by atoms with Crippen molar-refractivity contribution in [1.82, 2.24) is 25.0 Å². The molecule has 1 unspecified atom stereocenters. The van der Waals surface area contributed by atoms with Crippen LogP contribution in [0, 0.1) is 5.92 Å². The second-order valence-electron chi connectivity index (χ2n) is 5.02. The molecule has 1 N–H and O–H groups in total. The predicted octanol–water partition coefficient (Wildman–Crippen LogP) is 1.27. The van der Waals surface area contributed by atoms with Gasteiger partial charge in [0.25, 0.3) is 0 Å². The summed E-state index contributed by atoms with van der Waals surface area (Å²) in [5.74, 6) is 0.572. The lowest BCUT2D eigenvalue weighted by Gasteiger charge is -2.32. The van der Waals surface area contributed by atoms with E-state index in [1.54, 1.807) is 18.7 Å². The van der Waals surface area contributed by atoms with E-state index >= 15 is 0 Å². The number of hydrogen-bond acceptors (Lipinski definition) is 3. The van der Waals surface area contributed by atoms with Gasteiger partial charge in [-0.25, -0.2) is 9.78 Å². The first-order valence-electron chi connectivity index (χ1n) is 6.69. The molecule has 1 fully saturated rings. The van der Waals surface area contributed by atoms with Crippen LogP contribution >= 0.6 is 0 Å². The van der Waals surface area contributed by atoms with E-state index in [-0.39, 0.29) is 12.1 Å². The number of hydrogen-bond donors (Lipinski definition) is 1. The van der Waals surface area contributed by atoms with Crippen LogP contribution in [0.1, 0.15) is 19.8 Å². The maximum Gasteiger partial charge on any atom is 0.317 e. The molecule has 0 aromatic carbocycles. The quantitative estimate of drug-likeness (QED) is 0.832. The minimum Gasteiger partial charge on any atom is -0.332 e. The lowest BCUT2D eigenvalue weighted by molar-refractivity contribution is 0.163. The number of rotatable bonds is 4. The van der Waals surface area contributed by atoms with Crippen molar-refractivity contribution in [2.24, 2.45) is 5.92 Å². The summed E-state index contributed by atoms with van der Waals surface area (Å²) in [6.07, 6.45) is 7.05. The molecule has 1 aliphatic heterocycles. The molecule has 0 spiro atoms. The topological polar surface area (TPSA) is 63.1 Å². The molecule has 19 heavy (non-hydrogen) atoms. The largest absolute Gasteiger partial charge is 0.332 e. The lowest BCUT2D eigenvalue weighted by Crippen LogP contribution is -2.47. The Morgan fingerprint density at radius 3 is 2.89 bits per heavy atom. The molecule has 1 atom stereocenters. The van der Waals surface area contributed by atoms with Gasteiger partial charge >= 0.3 is 6.03 Å². The molecule has 2 heterocycles. The Morgan fingerprint density at radius 1 is 1.58 bits per heavy atom. The number of urea groups is 1. The zero-order valence-corrected chi connectivity index (χ0v) is 11.3. The number of likely N-dealkylation sites (tertiary alicyclic amines) is 1. The van der Waals surface area contributed by atoms with E-state index in [1.807, 2.05) is 16.5 Å². The fourth-order valence-corrected chi connectivity index (χ4v) is 2.26. The molecule has 0 bridgehead atoms. The third-order valence-electron chi connectivity index (χ3n) is 3.52. The lowest BCUT2D eigenvalue weighted by atomic mass is 9.97. The van der Waals surface area contributed by atoms with Gasteiger partial charge in [-0.05, 0) is 25.7 Å². The minimum absolute atomic E-state index is 0.00612. The number of piperidine rings is 1. The van der Waals surface area contributed by atoms with Crippen LogP contribution in [0.2, 0.25) is 0 Å². The highest BCUT2D eigenvalue weighted by Gasteiger charge is 2.23. The summed E-state index contributed by atoms with van der Waals surface area (Å²) in [5, 5.41) is 7.02.